The fourth-order valence-corrected chi connectivity index (χ4v) is 8.56. The van der Waals surface area contributed by atoms with Crippen molar-refractivity contribution < 1.29 is 14.4 Å². The number of ketones is 3. The van der Waals surface area contributed by atoms with E-state index in [-0.39, 0.29) is 34.1 Å². The number of Topliss-reactive ketones (excluding diaryl/α,β-unsaturated/α-hetero) is 3. The summed E-state index contributed by atoms with van der Waals surface area (Å²) in [6.45, 7) is 20.4. The molecule has 0 amide bonds. The summed E-state index contributed by atoms with van der Waals surface area (Å²) in [6, 6.07) is 10.8. The molecule has 0 heterocycles. The van der Waals surface area contributed by atoms with Gasteiger partial charge in [-0.05, 0) is 100.0 Å². The molecule has 2 aromatic carbocycles. The lowest BCUT2D eigenvalue weighted by Gasteiger charge is -2.59. The van der Waals surface area contributed by atoms with E-state index < -0.39 is 5.41 Å². The second-order valence-corrected chi connectivity index (χ2v) is 13.7. The van der Waals surface area contributed by atoms with Crippen LogP contribution in [-0.2, 0) is 16.0 Å². The molecule has 0 aromatic heterocycles. The molecule has 0 spiro atoms. The van der Waals surface area contributed by atoms with Gasteiger partial charge in [0, 0.05) is 16.6 Å². The number of hydrogen-bond donors (Lipinski definition) is 0. The largest absolute Gasteiger partial charge is 0.294 e. The molecule has 3 unspecified atom stereocenters. The van der Waals surface area contributed by atoms with Gasteiger partial charge in [-0.2, -0.15) is 0 Å². The number of fused-ring (bicyclic) bond motifs is 3. The fourth-order valence-electron chi connectivity index (χ4n) is 8.56. The van der Waals surface area contributed by atoms with E-state index in [1.807, 2.05) is 20.8 Å². The minimum absolute atomic E-state index is 0.0661. The first kappa shape index (κ1) is 27.5. The topological polar surface area (TPSA) is 51.2 Å². The Balaban J connectivity index is 1.80. The van der Waals surface area contributed by atoms with Gasteiger partial charge in [-0.3, -0.25) is 14.4 Å². The Morgan fingerprint density at radius 3 is 2.10 bits per heavy atom. The van der Waals surface area contributed by atoms with Crippen molar-refractivity contribution >= 4 is 17.3 Å². The number of carbonyl (C=O) groups is 3. The third-order valence-electron chi connectivity index (χ3n) is 10.6. The van der Waals surface area contributed by atoms with Crippen LogP contribution >= 0.6 is 0 Å². The van der Waals surface area contributed by atoms with E-state index in [1.54, 1.807) is 0 Å². The first-order valence-corrected chi connectivity index (χ1v) is 14.3. The summed E-state index contributed by atoms with van der Waals surface area (Å²) >= 11 is 0. The molecule has 3 nitrogen and oxygen atoms in total. The lowest BCUT2D eigenvalue weighted by Crippen LogP contribution is -2.57. The van der Waals surface area contributed by atoms with Crippen molar-refractivity contribution in [1.29, 1.82) is 0 Å². The third kappa shape index (κ3) is 3.65. The lowest BCUT2D eigenvalue weighted by molar-refractivity contribution is -0.134. The van der Waals surface area contributed by atoms with Crippen LogP contribution in [0.25, 0.3) is 11.1 Å². The monoisotopic (exact) mass is 522 g/mol. The molecular formula is C36H42O3. The molecule has 0 bridgehead atoms. The molecule has 0 saturated heterocycles. The Morgan fingerprint density at radius 2 is 1.54 bits per heavy atom. The summed E-state index contributed by atoms with van der Waals surface area (Å²) in [5, 5.41) is 0. The average Bonchev–Trinajstić information content (AvgIpc) is 2.81. The van der Waals surface area contributed by atoms with Gasteiger partial charge in [0.2, 0.25) is 0 Å². The van der Waals surface area contributed by atoms with Crippen LogP contribution in [0.1, 0.15) is 107 Å². The van der Waals surface area contributed by atoms with Crippen molar-refractivity contribution in [3.63, 3.8) is 0 Å². The molecule has 39 heavy (non-hydrogen) atoms. The maximum Gasteiger partial charge on any atom is 0.190 e. The van der Waals surface area contributed by atoms with E-state index in [0.717, 1.165) is 51.8 Å². The minimum atomic E-state index is -0.890. The molecular weight excluding hydrogens is 480 g/mol. The predicted molar refractivity (Wildman–Crippen MR) is 158 cm³/mol. The van der Waals surface area contributed by atoms with Crippen LogP contribution in [-0.4, -0.2) is 17.3 Å². The molecule has 0 fully saturated rings. The van der Waals surface area contributed by atoms with Crippen molar-refractivity contribution in [3.05, 3.63) is 80.4 Å². The van der Waals surface area contributed by atoms with Gasteiger partial charge in [0.15, 0.2) is 17.3 Å². The van der Waals surface area contributed by atoms with Crippen molar-refractivity contribution in [2.24, 2.45) is 16.2 Å². The average molecular weight is 523 g/mol. The molecule has 3 aliphatic rings. The highest BCUT2D eigenvalue weighted by Gasteiger charge is 2.63. The van der Waals surface area contributed by atoms with Gasteiger partial charge in [0.1, 0.15) is 0 Å². The first-order chi connectivity index (χ1) is 18.1. The Morgan fingerprint density at radius 1 is 0.923 bits per heavy atom. The van der Waals surface area contributed by atoms with Crippen LogP contribution in [0.15, 0.2) is 52.6 Å². The normalized spacial score (nSPS) is 28.5. The SMILES string of the molecule is CC(=O)C1=C(C)CC2(C)CC3(C)Cc4c(C(C)C)cc(-c5ccc(C)cc5)c(C)c4C(=O)C3=C(C)C2(C)C1=O. The number of aryl methyl sites for hydroxylation is 1. The van der Waals surface area contributed by atoms with Crippen molar-refractivity contribution in [2.75, 3.05) is 0 Å². The van der Waals surface area contributed by atoms with Gasteiger partial charge in [-0.1, -0.05) is 74.7 Å². The maximum absolute atomic E-state index is 14.8. The van der Waals surface area contributed by atoms with Gasteiger partial charge in [0.25, 0.3) is 0 Å². The Labute approximate surface area is 233 Å². The summed E-state index contributed by atoms with van der Waals surface area (Å²) < 4.78 is 0. The third-order valence-corrected chi connectivity index (χ3v) is 10.6. The molecule has 3 atom stereocenters. The van der Waals surface area contributed by atoms with Crippen LogP contribution < -0.4 is 0 Å². The van der Waals surface area contributed by atoms with Crippen LogP contribution in [0.5, 0.6) is 0 Å². The van der Waals surface area contributed by atoms with E-state index in [0.29, 0.717) is 12.0 Å². The van der Waals surface area contributed by atoms with Crippen molar-refractivity contribution in [2.45, 2.75) is 94.4 Å². The molecule has 0 radical (unpaired) electrons. The molecule has 0 saturated carbocycles. The number of carbonyl (C=O) groups excluding carboxylic acids is 3. The van der Waals surface area contributed by atoms with E-state index in [4.69, 9.17) is 0 Å². The maximum atomic E-state index is 14.8. The predicted octanol–water partition coefficient (Wildman–Crippen LogP) is 8.45. The smallest absolute Gasteiger partial charge is 0.190 e. The minimum Gasteiger partial charge on any atom is -0.294 e. The molecule has 0 N–H and O–H groups in total. The second-order valence-electron chi connectivity index (χ2n) is 13.7. The second kappa shape index (κ2) is 8.71. The number of hydrogen-bond acceptors (Lipinski definition) is 3. The summed E-state index contributed by atoms with van der Waals surface area (Å²) in [5.74, 6) is 0.0548. The van der Waals surface area contributed by atoms with E-state index in [1.165, 1.54) is 23.6 Å². The van der Waals surface area contributed by atoms with E-state index in [9.17, 15) is 14.4 Å². The molecule has 3 heteroatoms. The molecule has 204 valence electrons. The number of rotatable bonds is 3. The number of allylic oxidation sites excluding steroid dienone is 4. The van der Waals surface area contributed by atoms with Crippen LogP contribution in [0, 0.1) is 30.1 Å². The quantitative estimate of drug-likeness (QED) is 0.380. The zero-order valence-electron chi connectivity index (χ0n) is 25.3. The van der Waals surface area contributed by atoms with Gasteiger partial charge in [-0.25, -0.2) is 0 Å². The molecule has 5 rings (SSSR count). The van der Waals surface area contributed by atoms with Gasteiger partial charge >= 0.3 is 0 Å². The van der Waals surface area contributed by atoms with Crippen molar-refractivity contribution in [3.8, 4) is 11.1 Å². The number of benzene rings is 2. The Bertz CT molecular complexity index is 1530. The van der Waals surface area contributed by atoms with Crippen molar-refractivity contribution in [1.82, 2.24) is 0 Å². The van der Waals surface area contributed by atoms with Crippen LogP contribution in [0.4, 0.5) is 0 Å². The summed E-state index contributed by atoms with van der Waals surface area (Å²) in [6.07, 6.45) is 2.21. The standard InChI is InChI=1S/C36H42O3/c1-19(2)26-15-27(25-13-11-20(3)12-14-25)22(5)30-28(26)17-34(8)18-35(9)16-21(4)29(24(7)37)33(39)36(35,10)23(6)31(34)32(30)38/h11-15,19H,16-18H2,1-10H3. The molecule has 2 aromatic rings. The zero-order valence-corrected chi connectivity index (χ0v) is 25.3. The summed E-state index contributed by atoms with van der Waals surface area (Å²) in [4.78, 5) is 41.5. The van der Waals surface area contributed by atoms with Gasteiger partial charge in [-0.15, -0.1) is 0 Å². The Hall–Kier alpha value is -3.07. The zero-order chi connectivity index (χ0) is 28.8. The van der Waals surface area contributed by atoms with Crippen LogP contribution in [0.2, 0.25) is 0 Å². The summed E-state index contributed by atoms with van der Waals surface area (Å²) in [5.41, 5.74) is 8.91. The first-order valence-electron chi connectivity index (χ1n) is 14.3. The Kier molecular flexibility index (Phi) is 6.14. The highest BCUT2D eigenvalue weighted by atomic mass is 16.2. The highest BCUT2D eigenvalue weighted by molar-refractivity contribution is 6.24. The van der Waals surface area contributed by atoms with E-state index >= 15 is 0 Å². The summed E-state index contributed by atoms with van der Waals surface area (Å²) in [7, 11) is 0. The van der Waals surface area contributed by atoms with Gasteiger partial charge < -0.3 is 0 Å². The van der Waals surface area contributed by atoms with E-state index in [2.05, 4.69) is 71.9 Å². The van der Waals surface area contributed by atoms with Gasteiger partial charge in [0.05, 0.1) is 11.0 Å². The van der Waals surface area contributed by atoms with Crippen LogP contribution in [0.3, 0.4) is 0 Å². The highest BCUT2D eigenvalue weighted by Crippen LogP contribution is 2.66. The molecule has 3 aliphatic carbocycles. The fraction of sp³-hybridized carbons (Fsp3) is 0.472. The lowest BCUT2D eigenvalue weighted by atomic mass is 9.42. The molecule has 0 aliphatic heterocycles.